The highest BCUT2D eigenvalue weighted by atomic mass is 32.1. The maximum absolute atomic E-state index is 12.4. The maximum atomic E-state index is 12.4. The van der Waals surface area contributed by atoms with E-state index < -0.39 is 5.91 Å². The maximum Gasteiger partial charge on any atom is 0.269 e. The number of aromatic nitrogens is 4. The Balaban J connectivity index is 2.11. The lowest BCUT2D eigenvalue weighted by atomic mass is 10.1. The Morgan fingerprint density at radius 2 is 1.96 bits per heavy atom. The number of anilines is 1. The normalized spacial score (nSPS) is 10.0. The van der Waals surface area contributed by atoms with Gasteiger partial charge >= 0.3 is 0 Å². The molecule has 0 aliphatic carbocycles. The Bertz CT molecular complexity index is 695. The SMILES string of the molecule is CCn1nnc(NC(=S)NC(=O)c2c(OC)cccc2OC)n1. The quantitative estimate of drug-likeness (QED) is 0.774. The van der Waals surface area contributed by atoms with Crippen molar-refractivity contribution in [2.75, 3.05) is 19.5 Å². The highest BCUT2D eigenvalue weighted by Gasteiger charge is 2.19. The number of carbonyl (C=O) groups is 1. The van der Waals surface area contributed by atoms with Crippen molar-refractivity contribution < 1.29 is 14.3 Å². The van der Waals surface area contributed by atoms with Crippen molar-refractivity contribution >= 4 is 29.2 Å². The Labute approximate surface area is 138 Å². The molecule has 1 aromatic carbocycles. The lowest BCUT2D eigenvalue weighted by Crippen LogP contribution is -2.34. The van der Waals surface area contributed by atoms with Gasteiger partial charge in [-0.3, -0.25) is 15.4 Å². The minimum atomic E-state index is -0.473. The van der Waals surface area contributed by atoms with Crippen LogP contribution in [0.15, 0.2) is 18.2 Å². The van der Waals surface area contributed by atoms with Crippen LogP contribution >= 0.6 is 12.2 Å². The van der Waals surface area contributed by atoms with Gasteiger partial charge in [0.15, 0.2) is 5.11 Å². The van der Waals surface area contributed by atoms with Crippen molar-refractivity contribution in [1.29, 1.82) is 0 Å². The Hall–Kier alpha value is -2.75. The fourth-order valence-electron chi connectivity index (χ4n) is 1.80. The van der Waals surface area contributed by atoms with Gasteiger partial charge in [0.2, 0.25) is 0 Å². The van der Waals surface area contributed by atoms with Crippen LogP contribution in [0.5, 0.6) is 11.5 Å². The summed E-state index contributed by atoms with van der Waals surface area (Å²) in [5.74, 6) is 0.475. The predicted molar refractivity (Wildman–Crippen MR) is 86.7 cm³/mol. The fourth-order valence-corrected chi connectivity index (χ4v) is 1.98. The van der Waals surface area contributed by atoms with Crippen molar-refractivity contribution in [3.8, 4) is 11.5 Å². The van der Waals surface area contributed by atoms with E-state index in [4.69, 9.17) is 21.7 Å². The van der Waals surface area contributed by atoms with E-state index in [9.17, 15) is 4.79 Å². The van der Waals surface area contributed by atoms with E-state index in [1.165, 1.54) is 19.0 Å². The number of aryl methyl sites for hydroxylation is 1. The standard InChI is InChI=1S/C13H16N6O3S/c1-4-19-17-12(16-18-19)15-13(23)14-11(20)10-8(21-2)6-5-7-9(10)22-3/h5-7H,4H2,1-3H3,(H2,14,15,17,20,23). The number of hydrogen-bond acceptors (Lipinski definition) is 7. The molecule has 23 heavy (non-hydrogen) atoms. The zero-order valence-electron chi connectivity index (χ0n) is 12.9. The first-order valence-corrected chi connectivity index (χ1v) is 7.11. The van der Waals surface area contributed by atoms with E-state index in [0.29, 0.717) is 18.0 Å². The summed E-state index contributed by atoms with van der Waals surface area (Å²) in [6.07, 6.45) is 0. The summed E-state index contributed by atoms with van der Waals surface area (Å²) < 4.78 is 10.4. The van der Waals surface area contributed by atoms with Gasteiger partial charge in [0.1, 0.15) is 17.1 Å². The van der Waals surface area contributed by atoms with Gasteiger partial charge in [0.25, 0.3) is 11.9 Å². The molecule has 1 aromatic heterocycles. The second-order valence-corrected chi connectivity index (χ2v) is 4.66. The fraction of sp³-hybridized carbons (Fsp3) is 0.308. The number of thiocarbonyl (C=S) groups is 1. The smallest absolute Gasteiger partial charge is 0.269 e. The van der Waals surface area contributed by atoms with Crippen LogP contribution in [0.2, 0.25) is 0 Å². The molecule has 0 aliphatic rings. The van der Waals surface area contributed by atoms with Crippen molar-refractivity contribution in [3.63, 3.8) is 0 Å². The second-order valence-electron chi connectivity index (χ2n) is 4.25. The average Bonchev–Trinajstić information content (AvgIpc) is 3.01. The molecule has 0 aliphatic heterocycles. The Kier molecular flexibility index (Phi) is 5.41. The number of ether oxygens (including phenoxy) is 2. The van der Waals surface area contributed by atoms with E-state index in [1.807, 2.05) is 6.92 Å². The highest BCUT2D eigenvalue weighted by Crippen LogP contribution is 2.27. The van der Waals surface area contributed by atoms with E-state index in [1.54, 1.807) is 18.2 Å². The molecule has 1 heterocycles. The molecule has 0 atom stereocenters. The number of rotatable bonds is 5. The summed E-state index contributed by atoms with van der Waals surface area (Å²) in [6.45, 7) is 2.45. The molecule has 1 amide bonds. The number of nitrogens with one attached hydrogen (secondary N) is 2. The van der Waals surface area contributed by atoms with Crippen LogP contribution in [0.4, 0.5) is 5.95 Å². The zero-order valence-corrected chi connectivity index (χ0v) is 13.7. The molecule has 0 unspecified atom stereocenters. The molecule has 10 heteroatoms. The molecule has 2 aromatic rings. The van der Waals surface area contributed by atoms with Crippen LogP contribution in [0.1, 0.15) is 17.3 Å². The largest absolute Gasteiger partial charge is 0.496 e. The molecule has 9 nitrogen and oxygen atoms in total. The predicted octanol–water partition coefficient (Wildman–Crippen LogP) is 0.837. The Morgan fingerprint density at radius 1 is 1.30 bits per heavy atom. The third-order valence-electron chi connectivity index (χ3n) is 2.84. The summed E-state index contributed by atoms with van der Waals surface area (Å²) in [5.41, 5.74) is 0.242. The average molecular weight is 336 g/mol. The van der Waals surface area contributed by atoms with Crippen LogP contribution < -0.4 is 20.1 Å². The zero-order chi connectivity index (χ0) is 16.8. The number of benzene rings is 1. The first-order chi connectivity index (χ1) is 11.1. The van der Waals surface area contributed by atoms with Crippen LogP contribution in [0.25, 0.3) is 0 Å². The number of amides is 1. The molecule has 0 radical (unpaired) electrons. The third kappa shape index (κ3) is 3.92. The van der Waals surface area contributed by atoms with Gasteiger partial charge < -0.3 is 9.47 Å². The van der Waals surface area contributed by atoms with Gasteiger partial charge in [-0.2, -0.15) is 4.80 Å². The minimum Gasteiger partial charge on any atom is -0.496 e. The third-order valence-corrected chi connectivity index (χ3v) is 3.05. The highest BCUT2D eigenvalue weighted by molar-refractivity contribution is 7.80. The molecule has 2 N–H and O–H groups in total. The van der Waals surface area contributed by atoms with Gasteiger partial charge in [0.05, 0.1) is 20.8 Å². The van der Waals surface area contributed by atoms with E-state index in [2.05, 4.69) is 26.0 Å². The van der Waals surface area contributed by atoms with E-state index in [-0.39, 0.29) is 16.6 Å². The summed E-state index contributed by atoms with van der Waals surface area (Å²) in [7, 11) is 2.93. The molecular formula is C13H16N6O3S. The molecule has 0 saturated carbocycles. The molecule has 122 valence electrons. The van der Waals surface area contributed by atoms with E-state index in [0.717, 1.165) is 0 Å². The summed E-state index contributed by atoms with van der Waals surface area (Å²) in [6, 6.07) is 5.03. The van der Waals surface area contributed by atoms with Crippen LogP contribution in [-0.2, 0) is 6.54 Å². The number of hydrogen-bond donors (Lipinski definition) is 2. The Morgan fingerprint density at radius 3 is 2.48 bits per heavy atom. The van der Waals surface area contributed by atoms with Crippen molar-refractivity contribution in [2.24, 2.45) is 0 Å². The lowest BCUT2D eigenvalue weighted by Gasteiger charge is -2.13. The summed E-state index contributed by atoms with van der Waals surface area (Å²) in [5, 5.41) is 16.8. The molecule has 2 rings (SSSR count). The van der Waals surface area contributed by atoms with Crippen LogP contribution in [0.3, 0.4) is 0 Å². The molecule has 0 fully saturated rings. The van der Waals surface area contributed by atoms with Crippen molar-refractivity contribution in [2.45, 2.75) is 13.5 Å². The molecular weight excluding hydrogens is 320 g/mol. The minimum absolute atomic E-state index is 0.0404. The van der Waals surface area contributed by atoms with Gasteiger partial charge in [0, 0.05) is 0 Å². The molecule has 0 bridgehead atoms. The lowest BCUT2D eigenvalue weighted by molar-refractivity contribution is 0.0971. The van der Waals surface area contributed by atoms with Crippen molar-refractivity contribution in [1.82, 2.24) is 25.5 Å². The van der Waals surface area contributed by atoms with Gasteiger partial charge in [-0.1, -0.05) is 11.2 Å². The number of tetrazole rings is 1. The van der Waals surface area contributed by atoms with E-state index >= 15 is 0 Å². The molecule has 0 spiro atoms. The monoisotopic (exact) mass is 336 g/mol. The second kappa shape index (κ2) is 7.49. The van der Waals surface area contributed by atoms with Crippen LogP contribution in [0, 0.1) is 0 Å². The summed E-state index contributed by atoms with van der Waals surface area (Å²) in [4.78, 5) is 13.8. The van der Waals surface area contributed by atoms with Crippen molar-refractivity contribution in [3.05, 3.63) is 23.8 Å². The number of methoxy groups -OCH3 is 2. The number of nitrogens with zero attached hydrogens (tertiary/aromatic N) is 4. The number of carbonyl (C=O) groups excluding carboxylic acids is 1. The van der Waals surface area contributed by atoms with Crippen LogP contribution in [-0.4, -0.2) is 45.4 Å². The topological polar surface area (TPSA) is 103 Å². The van der Waals surface area contributed by atoms with Gasteiger partial charge in [-0.15, -0.1) is 5.10 Å². The van der Waals surface area contributed by atoms with Gasteiger partial charge in [-0.25, -0.2) is 0 Å². The van der Waals surface area contributed by atoms with Gasteiger partial charge in [-0.05, 0) is 36.5 Å². The summed E-state index contributed by atoms with van der Waals surface area (Å²) >= 11 is 5.08. The molecule has 0 saturated heterocycles. The first-order valence-electron chi connectivity index (χ1n) is 6.70. The first kappa shape index (κ1) is 16.6.